The first-order valence-corrected chi connectivity index (χ1v) is 16.1. The highest BCUT2D eigenvalue weighted by Crippen LogP contribution is 2.32. The van der Waals surface area contributed by atoms with Crippen LogP contribution < -0.4 is 29.1 Å². The summed E-state index contributed by atoms with van der Waals surface area (Å²) in [5.41, 5.74) is 4.38. The van der Waals surface area contributed by atoms with Crippen molar-refractivity contribution in [1.29, 1.82) is 0 Å². The van der Waals surface area contributed by atoms with Crippen LogP contribution in [-0.2, 0) is 19.8 Å². The number of benzene rings is 5. The lowest BCUT2D eigenvalue weighted by Crippen LogP contribution is -2.19. The van der Waals surface area contributed by atoms with Crippen LogP contribution in [0.5, 0.6) is 28.7 Å². The second-order valence-corrected chi connectivity index (χ2v) is 11.5. The van der Waals surface area contributed by atoms with Gasteiger partial charge in [-0.15, -0.1) is 0 Å². The minimum Gasteiger partial charge on any atom is -0.497 e. The highest BCUT2D eigenvalue weighted by atomic mass is 16.5. The van der Waals surface area contributed by atoms with Gasteiger partial charge in [0.05, 0.1) is 26.1 Å². The molecule has 0 radical (unpaired) electrons. The van der Waals surface area contributed by atoms with Crippen LogP contribution in [0.2, 0.25) is 0 Å². The minimum atomic E-state index is -0.527. The number of ether oxygens (including phenoxy) is 5. The van der Waals surface area contributed by atoms with Gasteiger partial charge in [-0.25, -0.2) is 0 Å². The Bertz CT molecular complexity index is 2020. The third-order valence-corrected chi connectivity index (χ3v) is 8.16. The van der Waals surface area contributed by atoms with Crippen molar-refractivity contribution in [3.8, 4) is 28.7 Å². The summed E-state index contributed by atoms with van der Waals surface area (Å²) in [6.45, 7) is 0.883. The van der Waals surface area contributed by atoms with Gasteiger partial charge in [0.25, 0.3) is 0 Å². The highest BCUT2D eigenvalue weighted by Gasteiger charge is 2.19. The van der Waals surface area contributed by atoms with Crippen LogP contribution >= 0.6 is 0 Å². The average Bonchev–Trinajstić information content (AvgIpc) is 3.17. The van der Waals surface area contributed by atoms with E-state index in [4.69, 9.17) is 23.7 Å². The molecule has 0 unspecified atom stereocenters. The third-order valence-electron chi connectivity index (χ3n) is 8.16. The lowest BCUT2D eigenvalue weighted by atomic mass is 10.0. The largest absolute Gasteiger partial charge is 0.497 e. The van der Waals surface area contributed by atoms with E-state index in [1.807, 2.05) is 127 Å². The second kappa shape index (κ2) is 16.2. The van der Waals surface area contributed by atoms with E-state index in [-0.39, 0.29) is 23.4 Å². The first-order valence-electron chi connectivity index (χ1n) is 16.1. The van der Waals surface area contributed by atoms with Crippen LogP contribution in [0.4, 0.5) is 0 Å². The maximum atomic E-state index is 13.2. The number of methoxy groups -OCH3 is 2. The molecule has 0 aliphatic heterocycles. The fraction of sp³-hybridized carbons (Fsp3) is 0.143. The predicted molar refractivity (Wildman–Crippen MR) is 192 cm³/mol. The molecule has 8 heteroatoms. The van der Waals surface area contributed by atoms with Crippen molar-refractivity contribution < 1.29 is 28.5 Å². The molecule has 0 N–H and O–H groups in total. The predicted octanol–water partition coefficient (Wildman–Crippen LogP) is 8.05. The molecule has 0 atom stereocenters. The first-order chi connectivity index (χ1) is 24.5. The molecule has 1 aromatic heterocycles. The Morgan fingerprint density at radius 3 is 1.64 bits per heavy atom. The van der Waals surface area contributed by atoms with Crippen LogP contribution in [0.1, 0.15) is 44.4 Å². The van der Waals surface area contributed by atoms with Gasteiger partial charge >= 0.3 is 0 Å². The summed E-state index contributed by atoms with van der Waals surface area (Å²) in [5.74, 6) is 2.75. The van der Waals surface area contributed by atoms with E-state index >= 15 is 0 Å². The molecular formula is C42H37NO7. The maximum absolute atomic E-state index is 13.2. The fourth-order valence-electron chi connectivity index (χ4n) is 5.45. The summed E-state index contributed by atoms with van der Waals surface area (Å²) < 4.78 is 31.2. The van der Waals surface area contributed by atoms with Crippen LogP contribution in [0, 0.1) is 0 Å². The number of pyridine rings is 1. The lowest BCUT2D eigenvalue weighted by Gasteiger charge is -2.21. The molecule has 6 rings (SSSR count). The Hall–Kier alpha value is -6.28. The van der Waals surface area contributed by atoms with E-state index in [2.05, 4.69) is 0 Å². The normalized spacial score (nSPS) is 10.8. The van der Waals surface area contributed by atoms with Crippen molar-refractivity contribution in [1.82, 2.24) is 4.57 Å². The Kier molecular flexibility index (Phi) is 10.9. The van der Waals surface area contributed by atoms with Gasteiger partial charge in [0.2, 0.25) is 5.43 Å². The zero-order valence-corrected chi connectivity index (χ0v) is 27.9. The fourth-order valence-corrected chi connectivity index (χ4v) is 5.45. The van der Waals surface area contributed by atoms with Gasteiger partial charge in [0.1, 0.15) is 30.8 Å². The van der Waals surface area contributed by atoms with Gasteiger partial charge in [-0.3, -0.25) is 9.59 Å². The van der Waals surface area contributed by atoms with E-state index in [9.17, 15) is 9.59 Å². The lowest BCUT2D eigenvalue weighted by molar-refractivity contribution is 0.111. The zero-order chi connectivity index (χ0) is 34.7. The quantitative estimate of drug-likeness (QED) is 0.103. The van der Waals surface area contributed by atoms with E-state index in [1.165, 1.54) is 6.07 Å². The van der Waals surface area contributed by atoms with Crippen LogP contribution in [0.15, 0.2) is 144 Å². The van der Waals surface area contributed by atoms with Crippen molar-refractivity contribution in [2.75, 3.05) is 14.2 Å². The molecule has 0 saturated carbocycles. The molecule has 0 amide bonds. The van der Waals surface area contributed by atoms with Crippen LogP contribution in [-0.4, -0.2) is 25.1 Å². The molecule has 0 spiro atoms. The number of rotatable bonds is 15. The molecule has 50 heavy (non-hydrogen) atoms. The smallest absolute Gasteiger partial charge is 0.224 e. The number of aromatic nitrogens is 1. The molecule has 0 saturated heterocycles. The van der Waals surface area contributed by atoms with Gasteiger partial charge in [-0.05, 0) is 64.2 Å². The topological polar surface area (TPSA) is 85.2 Å². The Morgan fingerprint density at radius 1 is 0.600 bits per heavy atom. The molecule has 8 nitrogen and oxygen atoms in total. The van der Waals surface area contributed by atoms with Crippen molar-refractivity contribution >= 4 is 6.29 Å². The van der Waals surface area contributed by atoms with Gasteiger partial charge in [-0.2, -0.15) is 0 Å². The molecule has 252 valence electrons. The number of nitrogens with zero attached hydrogens (tertiary/aromatic N) is 1. The van der Waals surface area contributed by atoms with E-state index in [1.54, 1.807) is 25.0 Å². The van der Waals surface area contributed by atoms with Crippen LogP contribution in [0.3, 0.4) is 0 Å². The second-order valence-electron chi connectivity index (χ2n) is 11.5. The third kappa shape index (κ3) is 8.41. The summed E-state index contributed by atoms with van der Waals surface area (Å²) in [5, 5.41) is 0. The van der Waals surface area contributed by atoms with E-state index in [0.29, 0.717) is 31.0 Å². The number of carbonyl (C=O) groups is 1. The SMILES string of the molecule is COc1ccc(COc2ccc(Cn3cc(OC(c4ccccc4)c4ccccc4)c(=O)cc3C=O)cc2OCc2ccc(OC)cc2)cc1. The monoisotopic (exact) mass is 667 g/mol. The molecular weight excluding hydrogens is 630 g/mol. The summed E-state index contributed by atoms with van der Waals surface area (Å²) in [6, 6.07) is 41.7. The maximum Gasteiger partial charge on any atom is 0.224 e. The standard InChI is InChI=1S/C42H37NO7/c1-46-36-18-13-30(14-19-36)28-48-39-22-17-32(23-40(39)49-29-31-15-20-37(47-2)21-16-31)25-43-26-41(38(45)24-35(43)27-44)50-42(33-9-5-3-6-10-33)34-11-7-4-8-12-34/h3-24,26-27,42H,25,28-29H2,1-2H3. The van der Waals surface area contributed by atoms with E-state index in [0.717, 1.165) is 39.3 Å². The summed E-state index contributed by atoms with van der Waals surface area (Å²) >= 11 is 0. The van der Waals surface area contributed by atoms with Gasteiger partial charge in [0, 0.05) is 12.6 Å². The van der Waals surface area contributed by atoms with Crippen molar-refractivity contribution in [2.45, 2.75) is 25.9 Å². The van der Waals surface area contributed by atoms with Crippen molar-refractivity contribution in [3.63, 3.8) is 0 Å². The molecule has 1 heterocycles. The van der Waals surface area contributed by atoms with Crippen molar-refractivity contribution in [2.24, 2.45) is 0 Å². The number of hydrogen-bond acceptors (Lipinski definition) is 7. The zero-order valence-electron chi connectivity index (χ0n) is 27.9. The summed E-state index contributed by atoms with van der Waals surface area (Å²) in [4.78, 5) is 25.4. The van der Waals surface area contributed by atoms with Gasteiger partial charge in [0.15, 0.2) is 23.5 Å². The molecule has 5 aromatic carbocycles. The van der Waals surface area contributed by atoms with Crippen LogP contribution in [0.25, 0.3) is 0 Å². The van der Waals surface area contributed by atoms with Gasteiger partial charge < -0.3 is 28.3 Å². The molecule has 0 aliphatic rings. The average molecular weight is 668 g/mol. The molecule has 0 fully saturated rings. The molecule has 0 aliphatic carbocycles. The van der Waals surface area contributed by atoms with Gasteiger partial charge in [-0.1, -0.05) is 91.0 Å². The molecule has 0 bridgehead atoms. The Labute approximate surface area is 291 Å². The highest BCUT2D eigenvalue weighted by molar-refractivity contribution is 5.72. The molecule has 6 aromatic rings. The number of aldehydes is 1. The summed E-state index contributed by atoms with van der Waals surface area (Å²) in [6.07, 6.45) is 1.74. The first kappa shape index (κ1) is 33.6. The van der Waals surface area contributed by atoms with E-state index < -0.39 is 6.10 Å². The number of carbonyl (C=O) groups excluding carboxylic acids is 1. The Morgan fingerprint density at radius 2 is 1.12 bits per heavy atom. The number of hydrogen-bond donors (Lipinski definition) is 0. The summed E-state index contributed by atoms with van der Waals surface area (Å²) in [7, 11) is 3.26. The van der Waals surface area contributed by atoms with Crippen molar-refractivity contribution in [3.05, 3.63) is 183 Å². The minimum absolute atomic E-state index is 0.128. The Balaban J connectivity index is 1.28.